The van der Waals surface area contributed by atoms with Gasteiger partial charge in [-0.1, -0.05) is 194 Å². The molecule has 0 radical (unpaired) electrons. The number of carbonyl (C=O) groups excluding carboxylic acids is 4. The SMILES string of the molecule is CCCCCCCCCCCCCCCCCC(=O)OC[C@H](COP(=O)(O)OCCNC(=O)CCC(=O)Nc1ccn([C@@H]2O[C@H](CO)C(O)C2(F)F)c(=O)n1)OC(=O)CCCCCCCCCCCCCCCCC. The van der Waals surface area contributed by atoms with Gasteiger partial charge >= 0.3 is 31.4 Å². The van der Waals surface area contributed by atoms with E-state index in [-0.39, 0.29) is 38.2 Å². The first-order valence-corrected chi connectivity index (χ1v) is 30.1. The van der Waals surface area contributed by atoms with E-state index in [0.717, 1.165) is 57.2 Å². The lowest BCUT2D eigenvalue weighted by Gasteiger charge is -2.21. The van der Waals surface area contributed by atoms with Gasteiger partial charge in [-0.15, -0.1) is 0 Å². The fourth-order valence-corrected chi connectivity index (χ4v) is 9.52. The van der Waals surface area contributed by atoms with Crippen LogP contribution in [0.2, 0.25) is 0 Å². The minimum Gasteiger partial charge on any atom is -0.462 e. The molecule has 2 rings (SSSR count). The van der Waals surface area contributed by atoms with Gasteiger partial charge < -0.3 is 40.0 Å². The predicted molar refractivity (Wildman–Crippen MR) is 283 cm³/mol. The predicted octanol–water partition coefficient (Wildman–Crippen LogP) is 11.1. The van der Waals surface area contributed by atoms with E-state index in [0.29, 0.717) is 17.4 Å². The van der Waals surface area contributed by atoms with Crippen molar-refractivity contribution >= 4 is 37.4 Å². The smallest absolute Gasteiger partial charge is 0.462 e. The molecule has 1 aromatic rings. The molecule has 0 spiro atoms. The molecule has 18 nitrogen and oxygen atoms in total. The van der Waals surface area contributed by atoms with E-state index >= 15 is 0 Å². The van der Waals surface area contributed by atoms with E-state index in [1.54, 1.807) is 0 Å². The van der Waals surface area contributed by atoms with Crippen LogP contribution >= 0.6 is 7.82 Å². The fraction of sp³-hybridized carbons (Fsp3) is 0.852. The van der Waals surface area contributed by atoms with Crippen molar-refractivity contribution in [2.75, 3.05) is 38.3 Å². The molecular weight excluding hydrogens is 998 g/mol. The monoisotopic (exact) mass is 1090 g/mol. The number of rotatable bonds is 48. The summed E-state index contributed by atoms with van der Waals surface area (Å²) in [7, 11) is -4.75. The van der Waals surface area contributed by atoms with Crippen LogP contribution in [-0.4, -0.2) is 106 Å². The molecule has 0 bridgehead atoms. The lowest BCUT2D eigenvalue weighted by Crippen LogP contribution is -2.41. The van der Waals surface area contributed by atoms with Crippen LogP contribution in [0, 0.1) is 0 Å². The number of esters is 2. The normalized spacial score (nSPS) is 17.3. The number of carbonyl (C=O) groups is 4. The molecule has 75 heavy (non-hydrogen) atoms. The Morgan fingerprint density at radius 3 is 1.60 bits per heavy atom. The molecule has 2 heterocycles. The molecule has 0 saturated carbocycles. The molecule has 5 N–H and O–H groups in total. The van der Waals surface area contributed by atoms with Crippen LogP contribution in [0.5, 0.6) is 0 Å². The first-order valence-electron chi connectivity index (χ1n) is 28.6. The molecule has 0 aromatic carbocycles. The largest absolute Gasteiger partial charge is 0.472 e. The van der Waals surface area contributed by atoms with Gasteiger partial charge in [0.2, 0.25) is 18.0 Å². The van der Waals surface area contributed by atoms with E-state index < -0.39 is 94.0 Å². The number of hydrogen-bond donors (Lipinski definition) is 5. The summed E-state index contributed by atoms with van der Waals surface area (Å²) in [6, 6.07) is 1.03. The van der Waals surface area contributed by atoms with Gasteiger partial charge in [-0.3, -0.25) is 32.8 Å². The molecule has 1 aliphatic rings. The summed E-state index contributed by atoms with van der Waals surface area (Å²) in [5.74, 6) is -6.65. The van der Waals surface area contributed by atoms with Crippen LogP contribution in [0.15, 0.2) is 17.1 Å². The average Bonchev–Trinajstić information content (AvgIpc) is 3.61. The van der Waals surface area contributed by atoms with Crippen LogP contribution < -0.4 is 16.3 Å². The highest BCUT2D eigenvalue weighted by Gasteiger charge is 2.59. The molecule has 2 amide bonds. The number of aromatic nitrogens is 2. The molecule has 2 unspecified atom stereocenters. The fourth-order valence-electron chi connectivity index (χ4n) is 8.77. The van der Waals surface area contributed by atoms with E-state index in [1.807, 2.05) is 0 Å². The number of amides is 2. The van der Waals surface area contributed by atoms with E-state index in [2.05, 4.69) is 29.5 Å². The lowest BCUT2D eigenvalue weighted by atomic mass is 10.0. The third kappa shape index (κ3) is 32.2. The van der Waals surface area contributed by atoms with Gasteiger partial charge in [0.1, 0.15) is 18.5 Å². The highest BCUT2D eigenvalue weighted by atomic mass is 31.2. The Labute approximate surface area is 445 Å². The number of anilines is 1. The lowest BCUT2D eigenvalue weighted by molar-refractivity contribution is -0.161. The van der Waals surface area contributed by atoms with Gasteiger partial charge in [0, 0.05) is 38.4 Å². The maximum absolute atomic E-state index is 14.5. The number of aliphatic hydroxyl groups excluding tert-OH is 2. The summed E-state index contributed by atoms with van der Waals surface area (Å²) in [6.45, 7) is 1.83. The maximum atomic E-state index is 14.5. The van der Waals surface area contributed by atoms with Gasteiger partial charge in [-0.05, 0) is 18.9 Å². The first kappa shape index (κ1) is 67.7. The molecule has 434 valence electrons. The number of unbranched alkanes of at least 4 members (excludes halogenated alkanes) is 28. The zero-order chi connectivity index (χ0) is 55.0. The van der Waals surface area contributed by atoms with Crippen molar-refractivity contribution in [2.24, 2.45) is 0 Å². The Morgan fingerprint density at radius 2 is 1.15 bits per heavy atom. The summed E-state index contributed by atoms with van der Waals surface area (Å²) in [4.78, 5) is 76.7. The topological polar surface area (TPSA) is 251 Å². The van der Waals surface area contributed by atoms with E-state index in [4.69, 9.17) is 23.3 Å². The zero-order valence-electron chi connectivity index (χ0n) is 45.5. The van der Waals surface area contributed by atoms with Crippen LogP contribution in [-0.2, 0) is 47.0 Å². The summed E-state index contributed by atoms with van der Waals surface area (Å²) < 4.78 is 68.1. The van der Waals surface area contributed by atoms with Crippen LogP contribution in [0.3, 0.4) is 0 Å². The number of ether oxygens (including phenoxy) is 3. The number of phosphoric acid groups is 1. The van der Waals surface area contributed by atoms with Gasteiger partial charge in [0.15, 0.2) is 12.2 Å². The van der Waals surface area contributed by atoms with Gasteiger partial charge in [-0.25, -0.2) is 9.36 Å². The highest BCUT2D eigenvalue weighted by molar-refractivity contribution is 7.47. The maximum Gasteiger partial charge on any atom is 0.472 e. The van der Waals surface area contributed by atoms with Gasteiger partial charge in [-0.2, -0.15) is 13.8 Å². The van der Waals surface area contributed by atoms with Crippen molar-refractivity contribution in [2.45, 2.75) is 263 Å². The summed E-state index contributed by atoms with van der Waals surface area (Å²) >= 11 is 0. The molecule has 5 atom stereocenters. The van der Waals surface area contributed by atoms with Crippen molar-refractivity contribution in [3.63, 3.8) is 0 Å². The quantitative estimate of drug-likeness (QED) is 0.0231. The minimum absolute atomic E-state index is 0.125. The van der Waals surface area contributed by atoms with Crippen molar-refractivity contribution in [3.05, 3.63) is 22.7 Å². The van der Waals surface area contributed by atoms with E-state index in [1.165, 1.54) is 135 Å². The van der Waals surface area contributed by atoms with Crippen molar-refractivity contribution < 1.29 is 70.9 Å². The Kier molecular flexibility index (Phi) is 37.6. The third-order valence-electron chi connectivity index (χ3n) is 13.3. The number of alkyl halides is 2. The Balaban J connectivity index is 1.72. The summed E-state index contributed by atoms with van der Waals surface area (Å²) in [5.41, 5.74) is -1.24. The Bertz CT molecular complexity index is 1810. The molecule has 1 aromatic heterocycles. The second kappa shape index (κ2) is 41.7. The third-order valence-corrected chi connectivity index (χ3v) is 14.3. The first-order chi connectivity index (χ1) is 36.1. The van der Waals surface area contributed by atoms with Gasteiger partial charge in [0.25, 0.3) is 0 Å². The second-order valence-electron chi connectivity index (χ2n) is 20.0. The molecule has 1 saturated heterocycles. The van der Waals surface area contributed by atoms with Gasteiger partial charge in [0.05, 0.1) is 19.8 Å². The van der Waals surface area contributed by atoms with Crippen LogP contribution in [0.1, 0.15) is 238 Å². The second-order valence-corrected chi connectivity index (χ2v) is 21.5. The van der Waals surface area contributed by atoms with Crippen LogP contribution in [0.4, 0.5) is 14.6 Å². The number of aliphatic hydroxyl groups is 2. The van der Waals surface area contributed by atoms with Crippen molar-refractivity contribution in [1.29, 1.82) is 0 Å². The Hall–Kier alpha value is -3.39. The molecule has 1 aliphatic heterocycles. The molecule has 0 aliphatic carbocycles. The van der Waals surface area contributed by atoms with E-state index in [9.17, 15) is 52.4 Å². The number of nitrogens with one attached hydrogen (secondary N) is 2. The Morgan fingerprint density at radius 1 is 0.693 bits per heavy atom. The molecule has 21 heteroatoms. The summed E-state index contributed by atoms with van der Waals surface area (Å²) in [5, 5.41) is 23.6. The average molecular weight is 1090 g/mol. The number of nitrogens with zero attached hydrogens (tertiary/aromatic N) is 2. The number of phosphoric ester groups is 1. The zero-order valence-corrected chi connectivity index (χ0v) is 46.4. The van der Waals surface area contributed by atoms with Crippen molar-refractivity contribution in [1.82, 2.24) is 14.9 Å². The number of halogens is 2. The van der Waals surface area contributed by atoms with Crippen molar-refractivity contribution in [3.8, 4) is 0 Å². The number of hydrogen-bond acceptors (Lipinski definition) is 14. The highest BCUT2D eigenvalue weighted by Crippen LogP contribution is 2.43. The molecular formula is C54H95F2N4O14P. The summed E-state index contributed by atoms with van der Waals surface area (Å²) in [6.07, 6.45) is 28.7. The molecule has 1 fully saturated rings. The minimum atomic E-state index is -4.75. The van der Waals surface area contributed by atoms with Crippen LogP contribution in [0.25, 0.3) is 0 Å². The standard InChI is InChI=1S/C54H95F2N4O14P/c1-3-5-7-9-11-13-15-17-19-21-23-25-27-29-31-33-49(64)70-42-44(73-50(65)34-32-30-28-26-24-22-20-18-16-14-12-10-8-6-4-2)43-72-75(68,69)71-40-38-57-47(62)35-36-48(63)58-46-37-39-60(53(67)59-46)52-54(55,56)51(66)45(41-61)74-52/h37,39,44-45,51-52,61,66H,3-36,38,40-43H2,1-2H3,(H,57,62)(H,68,69)(H,58,59,63,67)/t44-,45-,51?,52-/m1/s1.